The lowest BCUT2D eigenvalue weighted by Gasteiger charge is -2.05. The van der Waals surface area contributed by atoms with Gasteiger partial charge in [-0.1, -0.05) is 30.0 Å². The number of carbonyl (C=O) groups is 1. The number of hydrogen-bond acceptors (Lipinski definition) is 2. The molecular weight excluding hydrogens is 242 g/mol. The van der Waals surface area contributed by atoms with Crippen LogP contribution in [0.1, 0.15) is 10.4 Å². The molecule has 0 atom stereocenters. The molecule has 2 aromatic rings. The molecule has 0 spiro atoms. The predicted octanol–water partition coefficient (Wildman–Crippen LogP) is 3.93. The second-order valence-corrected chi connectivity index (χ2v) is 4.43. The van der Waals surface area contributed by atoms with Crippen LogP contribution >= 0.6 is 11.8 Å². The number of halogens is 2. The van der Waals surface area contributed by atoms with Gasteiger partial charge in [-0.2, -0.15) is 0 Å². The highest BCUT2D eigenvalue weighted by Gasteiger charge is 2.12. The van der Waals surface area contributed by atoms with E-state index in [1.165, 1.54) is 0 Å². The summed E-state index contributed by atoms with van der Waals surface area (Å²) in [5.41, 5.74) is -0.00240. The molecule has 1 nitrogen and oxygen atoms in total. The predicted molar refractivity (Wildman–Crippen MR) is 62.3 cm³/mol. The van der Waals surface area contributed by atoms with E-state index in [0.29, 0.717) is 6.29 Å². The minimum absolute atomic E-state index is 0.00240. The monoisotopic (exact) mass is 250 g/mol. The Hall–Kier alpha value is -1.68. The molecule has 86 valence electrons. The molecule has 0 amide bonds. The second kappa shape index (κ2) is 5.10. The summed E-state index contributed by atoms with van der Waals surface area (Å²) < 4.78 is 27.1. The van der Waals surface area contributed by atoms with Crippen LogP contribution in [0.25, 0.3) is 0 Å². The van der Waals surface area contributed by atoms with Gasteiger partial charge in [0.05, 0.1) is 4.90 Å². The van der Waals surface area contributed by atoms with E-state index in [4.69, 9.17) is 0 Å². The summed E-state index contributed by atoms with van der Waals surface area (Å²) in [6.07, 6.45) is 0.420. The van der Waals surface area contributed by atoms with Crippen molar-refractivity contribution in [2.75, 3.05) is 0 Å². The molecule has 0 aromatic heterocycles. The van der Waals surface area contributed by atoms with Gasteiger partial charge in [-0.3, -0.25) is 4.79 Å². The first-order chi connectivity index (χ1) is 8.20. The molecule has 2 rings (SSSR count). The number of carbonyl (C=O) groups excluding carboxylic acids is 1. The fourth-order valence-electron chi connectivity index (χ4n) is 1.35. The average Bonchev–Trinajstić information content (AvgIpc) is 2.35. The second-order valence-electron chi connectivity index (χ2n) is 3.35. The number of benzene rings is 2. The molecule has 4 heteroatoms. The van der Waals surface area contributed by atoms with Crippen LogP contribution in [0.4, 0.5) is 8.78 Å². The molecule has 0 aliphatic carbocycles. The van der Waals surface area contributed by atoms with Gasteiger partial charge < -0.3 is 0 Å². The van der Waals surface area contributed by atoms with Crippen LogP contribution in [0, 0.1) is 11.6 Å². The quantitative estimate of drug-likeness (QED) is 0.768. The van der Waals surface area contributed by atoms with Gasteiger partial charge in [0.1, 0.15) is 17.9 Å². The van der Waals surface area contributed by atoms with Crippen molar-refractivity contribution in [2.45, 2.75) is 9.79 Å². The minimum atomic E-state index is -0.721. The lowest BCUT2D eigenvalue weighted by atomic mass is 10.2. The molecule has 0 bridgehead atoms. The van der Waals surface area contributed by atoms with Crippen LogP contribution in [-0.2, 0) is 0 Å². The third-order valence-electron chi connectivity index (χ3n) is 2.12. The summed E-state index contributed by atoms with van der Waals surface area (Å²) in [7, 11) is 0. The summed E-state index contributed by atoms with van der Waals surface area (Å²) in [5.74, 6) is -1.44. The highest BCUT2D eigenvalue weighted by Crippen LogP contribution is 2.32. The van der Waals surface area contributed by atoms with Crippen LogP contribution in [-0.4, -0.2) is 6.29 Å². The summed E-state index contributed by atoms with van der Waals surface area (Å²) >= 11 is 0.994. The van der Waals surface area contributed by atoms with Crippen LogP contribution in [0.3, 0.4) is 0 Å². The Morgan fingerprint density at radius 3 is 2.12 bits per heavy atom. The highest BCUT2D eigenvalue weighted by molar-refractivity contribution is 7.99. The SMILES string of the molecule is O=Cc1cc(F)c(Sc2ccccc2)c(F)c1. The first-order valence-electron chi connectivity index (χ1n) is 4.88. The standard InChI is InChI=1S/C13H8F2OS/c14-11-6-9(8-16)7-12(15)13(11)17-10-4-2-1-3-5-10/h1-8H. The molecule has 0 radical (unpaired) electrons. The van der Waals surface area contributed by atoms with Gasteiger partial charge in [0.25, 0.3) is 0 Å². The number of hydrogen-bond donors (Lipinski definition) is 0. The van der Waals surface area contributed by atoms with Gasteiger partial charge in [0, 0.05) is 10.5 Å². The highest BCUT2D eigenvalue weighted by atomic mass is 32.2. The van der Waals surface area contributed by atoms with Gasteiger partial charge in [0.2, 0.25) is 0 Å². The zero-order valence-corrected chi connectivity index (χ0v) is 9.51. The van der Waals surface area contributed by atoms with Crippen molar-refractivity contribution in [3.63, 3.8) is 0 Å². The molecule has 0 saturated carbocycles. The maximum Gasteiger partial charge on any atom is 0.150 e. The van der Waals surface area contributed by atoms with E-state index in [1.807, 2.05) is 6.07 Å². The van der Waals surface area contributed by atoms with E-state index in [2.05, 4.69) is 0 Å². The molecule has 0 heterocycles. The van der Waals surface area contributed by atoms with Crippen LogP contribution in [0.2, 0.25) is 0 Å². The fraction of sp³-hybridized carbons (Fsp3) is 0. The van der Waals surface area contributed by atoms with Crippen molar-refractivity contribution in [1.29, 1.82) is 0 Å². The molecule has 0 unspecified atom stereocenters. The minimum Gasteiger partial charge on any atom is -0.298 e. The van der Waals surface area contributed by atoms with Crippen molar-refractivity contribution in [3.05, 3.63) is 59.7 Å². The van der Waals surface area contributed by atoms with Crippen molar-refractivity contribution in [2.24, 2.45) is 0 Å². The van der Waals surface area contributed by atoms with Crippen molar-refractivity contribution >= 4 is 18.0 Å². The van der Waals surface area contributed by atoms with E-state index in [0.717, 1.165) is 28.8 Å². The Labute approximate surface area is 101 Å². The van der Waals surface area contributed by atoms with Crippen molar-refractivity contribution < 1.29 is 13.6 Å². The van der Waals surface area contributed by atoms with Crippen molar-refractivity contribution in [1.82, 2.24) is 0 Å². The number of aldehydes is 1. The van der Waals surface area contributed by atoms with E-state index in [1.54, 1.807) is 24.3 Å². The van der Waals surface area contributed by atoms with Crippen LogP contribution in [0.5, 0.6) is 0 Å². The molecule has 0 aliphatic heterocycles. The molecule has 2 aromatic carbocycles. The van der Waals surface area contributed by atoms with E-state index in [9.17, 15) is 13.6 Å². The van der Waals surface area contributed by atoms with Gasteiger partial charge in [0.15, 0.2) is 0 Å². The third kappa shape index (κ3) is 2.71. The van der Waals surface area contributed by atoms with Crippen LogP contribution in [0.15, 0.2) is 52.3 Å². The van der Waals surface area contributed by atoms with Gasteiger partial charge in [-0.05, 0) is 24.3 Å². The Morgan fingerprint density at radius 1 is 1.00 bits per heavy atom. The molecule has 0 aliphatic rings. The van der Waals surface area contributed by atoms with E-state index >= 15 is 0 Å². The molecular formula is C13H8F2OS. The topological polar surface area (TPSA) is 17.1 Å². The Balaban J connectivity index is 2.37. The summed E-state index contributed by atoms with van der Waals surface area (Å²) in [6.45, 7) is 0. The number of rotatable bonds is 3. The smallest absolute Gasteiger partial charge is 0.150 e. The molecule has 0 N–H and O–H groups in total. The molecule has 0 saturated heterocycles. The Kier molecular flexibility index (Phi) is 3.54. The average molecular weight is 250 g/mol. The van der Waals surface area contributed by atoms with E-state index < -0.39 is 11.6 Å². The largest absolute Gasteiger partial charge is 0.298 e. The summed E-state index contributed by atoms with van der Waals surface area (Å²) in [5, 5.41) is 0. The third-order valence-corrected chi connectivity index (χ3v) is 3.22. The maximum absolute atomic E-state index is 13.6. The van der Waals surface area contributed by atoms with Gasteiger partial charge in [-0.15, -0.1) is 0 Å². The summed E-state index contributed by atoms with van der Waals surface area (Å²) in [4.78, 5) is 11.1. The lowest BCUT2D eigenvalue weighted by molar-refractivity contribution is 0.112. The van der Waals surface area contributed by atoms with E-state index in [-0.39, 0.29) is 10.5 Å². The first kappa shape index (κ1) is 11.8. The Morgan fingerprint density at radius 2 is 1.59 bits per heavy atom. The van der Waals surface area contributed by atoms with Crippen molar-refractivity contribution in [3.8, 4) is 0 Å². The molecule has 17 heavy (non-hydrogen) atoms. The zero-order chi connectivity index (χ0) is 12.3. The zero-order valence-electron chi connectivity index (χ0n) is 8.69. The lowest BCUT2D eigenvalue weighted by Crippen LogP contribution is -1.91. The summed E-state index contributed by atoms with van der Waals surface area (Å²) in [6, 6.07) is 11.0. The maximum atomic E-state index is 13.6. The van der Waals surface area contributed by atoms with Gasteiger partial charge in [-0.25, -0.2) is 8.78 Å². The fourth-order valence-corrected chi connectivity index (χ4v) is 2.19. The molecule has 0 fully saturated rings. The van der Waals surface area contributed by atoms with Gasteiger partial charge >= 0.3 is 0 Å². The normalized spacial score (nSPS) is 10.2. The van der Waals surface area contributed by atoms with Crippen LogP contribution < -0.4 is 0 Å². The first-order valence-corrected chi connectivity index (χ1v) is 5.69. The Bertz CT molecular complexity index is 517.